The van der Waals surface area contributed by atoms with Crippen molar-refractivity contribution in [1.82, 2.24) is 0 Å². The highest BCUT2D eigenvalue weighted by Gasteiger charge is 2.04. The molecule has 1 aliphatic rings. The van der Waals surface area contributed by atoms with Crippen LogP contribution in [-0.2, 0) is 0 Å². The molecule has 0 amide bonds. The van der Waals surface area contributed by atoms with Crippen LogP contribution in [0.1, 0.15) is 39.5 Å². The maximum absolute atomic E-state index is 3.79. The van der Waals surface area contributed by atoms with Crippen LogP contribution >= 0.6 is 0 Å². The van der Waals surface area contributed by atoms with Crippen molar-refractivity contribution in [2.24, 2.45) is 5.92 Å². The summed E-state index contributed by atoms with van der Waals surface area (Å²) in [7, 11) is 0. The topological polar surface area (TPSA) is 0 Å². The van der Waals surface area contributed by atoms with Gasteiger partial charge in [-0.05, 0) is 44.1 Å². The van der Waals surface area contributed by atoms with Gasteiger partial charge in [0.05, 0.1) is 0 Å². The van der Waals surface area contributed by atoms with Crippen molar-refractivity contribution < 1.29 is 0 Å². The molecule has 1 aliphatic carbocycles. The average molecular weight is 176 g/mol. The van der Waals surface area contributed by atoms with Gasteiger partial charge >= 0.3 is 0 Å². The Bertz CT molecular complexity index is 230. The molecule has 1 atom stereocenters. The molecule has 0 radical (unpaired) electrons. The summed E-state index contributed by atoms with van der Waals surface area (Å²) in [6.45, 7) is 8.34. The van der Waals surface area contributed by atoms with Crippen molar-refractivity contribution in [2.45, 2.75) is 39.5 Å². The number of allylic oxidation sites excluding steroid dienone is 5. The summed E-state index contributed by atoms with van der Waals surface area (Å²) in [5, 5.41) is 0. The van der Waals surface area contributed by atoms with Crippen LogP contribution < -0.4 is 0 Å². The van der Waals surface area contributed by atoms with Crippen LogP contribution in [0.4, 0.5) is 0 Å². The third-order valence-electron chi connectivity index (χ3n) is 2.75. The molecule has 13 heavy (non-hydrogen) atoms. The highest BCUT2D eigenvalue weighted by molar-refractivity contribution is 5.27. The van der Waals surface area contributed by atoms with Crippen LogP contribution in [0.2, 0.25) is 0 Å². The summed E-state index contributed by atoms with van der Waals surface area (Å²) >= 11 is 0. The molecule has 0 aromatic heterocycles. The van der Waals surface area contributed by atoms with Crippen molar-refractivity contribution in [1.29, 1.82) is 0 Å². The first-order valence-electron chi connectivity index (χ1n) is 5.21. The normalized spacial score (nSPS) is 24.0. The van der Waals surface area contributed by atoms with Crippen LogP contribution in [0.15, 0.2) is 36.0 Å². The van der Waals surface area contributed by atoms with Crippen LogP contribution in [0.5, 0.6) is 0 Å². The highest BCUT2D eigenvalue weighted by atomic mass is 14.1. The molecule has 0 nitrogen and oxygen atoms in total. The lowest BCUT2D eigenvalue weighted by atomic mass is 9.93. The molecule has 1 unspecified atom stereocenters. The molecular formula is C13H20. The van der Waals surface area contributed by atoms with E-state index in [4.69, 9.17) is 0 Å². The van der Waals surface area contributed by atoms with Crippen molar-refractivity contribution in [3.63, 3.8) is 0 Å². The molecule has 0 heterocycles. The van der Waals surface area contributed by atoms with Crippen molar-refractivity contribution in [3.05, 3.63) is 36.0 Å². The van der Waals surface area contributed by atoms with Gasteiger partial charge in [-0.3, -0.25) is 0 Å². The Hall–Kier alpha value is -0.780. The molecule has 0 N–H and O–H groups in total. The lowest BCUT2D eigenvalue weighted by Gasteiger charge is -2.13. The van der Waals surface area contributed by atoms with Crippen molar-refractivity contribution in [3.8, 4) is 0 Å². The summed E-state index contributed by atoms with van der Waals surface area (Å²) in [5.41, 5.74) is 3.02. The standard InChI is InChI=1S/C13H20/c1-4-6-13-10-9-11(2)7-5-8-12(13)3/h4,9-11H,1,5-8H2,2-3H3. The molecule has 72 valence electrons. The fraction of sp³-hybridized carbons (Fsp3) is 0.538. The van der Waals surface area contributed by atoms with Crippen LogP contribution in [0.3, 0.4) is 0 Å². The highest BCUT2D eigenvalue weighted by Crippen LogP contribution is 2.22. The third kappa shape index (κ3) is 3.22. The largest absolute Gasteiger partial charge is 0.103 e. The Kier molecular flexibility index (Phi) is 4.01. The number of hydrogen-bond acceptors (Lipinski definition) is 0. The Morgan fingerprint density at radius 3 is 3.08 bits per heavy atom. The lowest BCUT2D eigenvalue weighted by Crippen LogP contribution is -1.96. The average Bonchev–Trinajstić information content (AvgIpc) is 2.10. The van der Waals surface area contributed by atoms with E-state index in [2.05, 4.69) is 32.6 Å². The van der Waals surface area contributed by atoms with Crippen molar-refractivity contribution >= 4 is 0 Å². The summed E-state index contributed by atoms with van der Waals surface area (Å²) in [6.07, 6.45) is 11.6. The third-order valence-corrected chi connectivity index (χ3v) is 2.75. The maximum atomic E-state index is 3.79. The fourth-order valence-corrected chi connectivity index (χ4v) is 1.77. The molecule has 0 aromatic rings. The Balaban J connectivity index is 2.77. The van der Waals surface area contributed by atoms with E-state index in [0.29, 0.717) is 0 Å². The summed E-state index contributed by atoms with van der Waals surface area (Å²) in [4.78, 5) is 0. The first-order valence-corrected chi connectivity index (χ1v) is 5.21. The van der Waals surface area contributed by atoms with Gasteiger partial charge in [0.1, 0.15) is 0 Å². The van der Waals surface area contributed by atoms with E-state index in [-0.39, 0.29) is 0 Å². The molecule has 0 fully saturated rings. The van der Waals surface area contributed by atoms with Gasteiger partial charge in [-0.2, -0.15) is 0 Å². The predicted molar refractivity (Wildman–Crippen MR) is 59.7 cm³/mol. The second-order valence-electron chi connectivity index (χ2n) is 4.03. The predicted octanol–water partition coefficient (Wildman–Crippen LogP) is 4.26. The lowest BCUT2D eigenvalue weighted by molar-refractivity contribution is 0.598. The molecule has 0 heteroatoms. The summed E-state index contributed by atoms with van der Waals surface area (Å²) < 4.78 is 0. The SMILES string of the molecule is C=CCC1=C(C)CCCC(C)C=C1. The second-order valence-corrected chi connectivity index (χ2v) is 4.03. The molecule has 0 aromatic carbocycles. The Labute approximate surface area is 82.0 Å². The Morgan fingerprint density at radius 2 is 2.38 bits per heavy atom. The summed E-state index contributed by atoms with van der Waals surface area (Å²) in [6, 6.07) is 0. The zero-order valence-electron chi connectivity index (χ0n) is 8.84. The van der Waals surface area contributed by atoms with E-state index in [0.717, 1.165) is 12.3 Å². The van der Waals surface area contributed by atoms with E-state index in [1.807, 2.05) is 6.08 Å². The van der Waals surface area contributed by atoms with Gasteiger partial charge < -0.3 is 0 Å². The minimum Gasteiger partial charge on any atom is -0.103 e. The number of rotatable bonds is 2. The van der Waals surface area contributed by atoms with Crippen LogP contribution in [-0.4, -0.2) is 0 Å². The van der Waals surface area contributed by atoms with Crippen LogP contribution in [0.25, 0.3) is 0 Å². The van der Waals surface area contributed by atoms with Crippen molar-refractivity contribution in [2.75, 3.05) is 0 Å². The molecule has 0 spiro atoms. The molecule has 0 aliphatic heterocycles. The Morgan fingerprint density at radius 1 is 1.62 bits per heavy atom. The van der Waals surface area contributed by atoms with E-state index in [1.54, 1.807) is 5.57 Å². The fourth-order valence-electron chi connectivity index (χ4n) is 1.77. The van der Waals surface area contributed by atoms with Gasteiger partial charge in [-0.1, -0.05) is 30.7 Å². The minimum absolute atomic E-state index is 0.743. The number of hydrogen-bond donors (Lipinski definition) is 0. The van der Waals surface area contributed by atoms with Gasteiger partial charge in [-0.25, -0.2) is 0 Å². The first kappa shape index (κ1) is 10.3. The van der Waals surface area contributed by atoms with E-state index in [1.165, 1.54) is 24.8 Å². The van der Waals surface area contributed by atoms with Gasteiger partial charge in [0.15, 0.2) is 0 Å². The van der Waals surface area contributed by atoms with E-state index in [9.17, 15) is 0 Å². The zero-order chi connectivity index (χ0) is 9.68. The van der Waals surface area contributed by atoms with Gasteiger partial charge in [0.2, 0.25) is 0 Å². The first-order chi connectivity index (χ1) is 6.24. The molecule has 0 saturated heterocycles. The molecule has 1 rings (SSSR count). The van der Waals surface area contributed by atoms with E-state index < -0.39 is 0 Å². The minimum atomic E-state index is 0.743. The van der Waals surface area contributed by atoms with Gasteiger partial charge in [0.25, 0.3) is 0 Å². The molecule has 0 saturated carbocycles. The molecular weight excluding hydrogens is 156 g/mol. The summed E-state index contributed by atoms with van der Waals surface area (Å²) in [5.74, 6) is 0.743. The second kappa shape index (κ2) is 5.06. The molecule has 0 bridgehead atoms. The smallest absolute Gasteiger partial charge is 0.0101 e. The van der Waals surface area contributed by atoms with E-state index >= 15 is 0 Å². The quantitative estimate of drug-likeness (QED) is 0.552. The maximum Gasteiger partial charge on any atom is -0.0101 e. The monoisotopic (exact) mass is 176 g/mol. The van der Waals surface area contributed by atoms with Crippen LogP contribution in [0, 0.1) is 5.92 Å². The van der Waals surface area contributed by atoms with Gasteiger partial charge in [-0.15, -0.1) is 6.58 Å². The zero-order valence-corrected chi connectivity index (χ0v) is 8.84. The van der Waals surface area contributed by atoms with Gasteiger partial charge in [0, 0.05) is 0 Å².